The Bertz CT molecular complexity index is 1190. The van der Waals surface area contributed by atoms with Crippen molar-refractivity contribution < 1.29 is 9.18 Å². The highest BCUT2D eigenvalue weighted by molar-refractivity contribution is 6.08. The molecule has 5 rings (SSSR count). The normalized spacial score (nSPS) is 12.9. The summed E-state index contributed by atoms with van der Waals surface area (Å²) in [6.45, 7) is 0. The average molecular weight is 372 g/mol. The van der Waals surface area contributed by atoms with Crippen LogP contribution in [-0.4, -0.2) is 20.7 Å². The highest BCUT2D eigenvalue weighted by Crippen LogP contribution is 2.29. The lowest BCUT2D eigenvalue weighted by atomic mass is 10.1. The number of aromatic nitrogens is 3. The van der Waals surface area contributed by atoms with Crippen LogP contribution in [0.1, 0.15) is 28.2 Å². The molecule has 1 amide bonds. The van der Waals surface area contributed by atoms with Gasteiger partial charge in [0.05, 0.1) is 16.9 Å². The molecule has 0 spiro atoms. The lowest BCUT2D eigenvalue weighted by Gasteiger charge is -2.07. The molecule has 28 heavy (non-hydrogen) atoms. The van der Waals surface area contributed by atoms with Gasteiger partial charge in [-0.1, -0.05) is 18.2 Å². The Morgan fingerprint density at radius 3 is 2.71 bits per heavy atom. The van der Waals surface area contributed by atoms with Gasteiger partial charge in [-0.25, -0.2) is 9.07 Å². The van der Waals surface area contributed by atoms with Crippen LogP contribution >= 0.6 is 0 Å². The molecule has 138 valence electrons. The van der Waals surface area contributed by atoms with E-state index in [1.165, 1.54) is 12.1 Å². The largest absolute Gasteiger partial charge is 0.319 e. The van der Waals surface area contributed by atoms with Gasteiger partial charge in [-0.05, 0) is 55.7 Å². The molecule has 1 aliphatic carbocycles. The van der Waals surface area contributed by atoms with E-state index in [4.69, 9.17) is 0 Å². The van der Waals surface area contributed by atoms with Crippen LogP contribution in [0.3, 0.4) is 0 Å². The van der Waals surface area contributed by atoms with Gasteiger partial charge in [0.25, 0.3) is 5.91 Å². The van der Waals surface area contributed by atoms with Crippen molar-refractivity contribution in [1.82, 2.24) is 14.8 Å². The molecule has 2 aromatic carbocycles. The Morgan fingerprint density at radius 2 is 1.86 bits per heavy atom. The van der Waals surface area contributed by atoms with Gasteiger partial charge in [0, 0.05) is 22.8 Å². The molecule has 0 atom stereocenters. The fourth-order valence-corrected chi connectivity index (χ4v) is 3.80. The van der Waals surface area contributed by atoms with Crippen molar-refractivity contribution in [3.05, 3.63) is 83.6 Å². The molecule has 0 saturated carbocycles. The maximum Gasteiger partial charge on any atom is 0.276 e. The first-order valence-corrected chi connectivity index (χ1v) is 9.22. The summed E-state index contributed by atoms with van der Waals surface area (Å²) in [6, 6.07) is 15.7. The molecule has 0 radical (unpaired) electrons. The zero-order valence-corrected chi connectivity index (χ0v) is 15.0. The van der Waals surface area contributed by atoms with Crippen LogP contribution in [0.2, 0.25) is 0 Å². The van der Waals surface area contributed by atoms with Crippen LogP contribution in [-0.2, 0) is 12.8 Å². The van der Waals surface area contributed by atoms with E-state index in [0.29, 0.717) is 11.4 Å². The molecule has 5 nitrogen and oxygen atoms in total. The Hall–Kier alpha value is -3.54. The second kappa shape index (κ2) is 6.56. The minimum absolute atomic E-state index is 0.253. The Morgan fingerprint density at radius 1 is 1.04 bits per heavy atom. The summed E-state index contributed by atoms with van der Waals surface area (Å²) in [7, 11) is 0. The number of anilines is 1. The van der Waals surface area contributed by atoms with Crippen LogP contribution < -0.4 is 5.32 Å². The smallest absolute Gasteiger partial charge is 0.276 e. The highest BCUT2D eigenvalue weighted by atomic mass is 19.1. The lowest BCUT2D eigenvalue weighted by Crippen LogP contribution is -2.15. The number of nitrogens with one attached hydrogen (secondary N) is 1. The minimum atomic E-state index is -0.297. The van der Waals surface area contributed by atoms with E-state index in [9.17, 15) is 9.18 Å². The number of carbonyl (C=O) groups excluding carboxylic acids is 1. The van der Waals surface area contributed by atoms with Gasteiger partial charge in [-0.2, -0.15) is 5.10 Å². The molecular formula is C22H17FN4O. The summed E-state index contributed by atoms with van der Waals surface area (Å²) in [5.74, 6) is -0.550. The summed E-state index contributed by atoms with van der Waals surface area (Å²) in [5, 5.41) is 8.50. The molecule has 1 aliphatic rings. The van der Waals surface area contributed by atoms with Gasteiger partial charge in [0.15, 0.2) is 5.69 Å². The first-order chi connectivity index (χ1) is 13.7. The standard InChI is InChI=1S/C22H17FN4O/c23-15-9-11-16(12-10-15)27-19-8-2-6-17(19)21(26-27)22(28)25-18-7-1-4-14-5-3-13-24-20(14)18/h1,3-5,7,9-13H,2,6,8H2,(H,25,28). The summed E-state index contributed by atoms with van der Waals surface area (Å²) < 4.78 is 15.0. The Kier molecular flexibility index (Phi) is 3.90. The van der Waals surface area contributed by atoms with Crippen LogP contribution in [0.5, 0.6) is 0 Å². The molecule has 0 unspecified atom stereocenters. The van der Waals surface area contributed by atoms with Crippen molar-refractivity contribution in [3.8, 4) is 5.69 Å². The summed E-state index contributed by atoms with van der Waals surface area (Å²) >= 11 is 0. The molecular weight excluding hydrogens is 355 g/mol. The number of nitrogens with zero attached hydrogens (tertiary/aromatic N) is 3. The molecule has 0 saturated heterocycles. The first-order valence-electron chi connectivity index (χ1n) is 9.22. The molecule has 0 fully saturated rings. The van der Waals surface area contributed by atoms with Crippen LogP contribution in [0.25, 0.3) is 16.6 Å². The number of fused-ring (bicyclic) bond motifs is 2. The third kappa shape index (κ3) is 2.74. The fourth-order valence-electron chi connectivity index (χ4n) is 3.80. The van der Waals surface area contributed by atoms with Crippen LogP contribution in [0.4, 0.5) is 10.1 Å². The monoisotopic (exact) mass is 372 g/mol. The number of benzene rings is 2. The Labute approximate surface area is 160 Å². The summed E-state index contributed by atoms with van der Waals surface area (Å²) in [6.07, 6.45) is 4.35. The van der Waals surface area contributed by atoms with E-state index >= 15 is 0 Å². The Balaban J connectivity index is 1.53. The SMILES string of the molecule is O=C(Nc1cccc2cccnc12)c1nn(-c2ccc(F)cc2)c2c1CCC2. The lowest BCUT2D eigenvalue weighted by molar-refractivity contribution is 0.102. The van der Waals surface area contributed by atoms with Crippen molar-refractivity contribution in [3.63, 3.8) is 0 Å². The number of rotatable bonds is 3. The van der Waals surface area contributed by atoms with Crippen LogP contribution in [0, 0.1) is 5.82 Å². The summed E-state index contributed by atoms with van der Waals surface area (Å²) in [4.78, 5) is 17.4. The number of halogens is 1. The highest BCUT2D eigenvalue weighted by Gasteiger charge is 2.27. The maximum atomic E-state index is 13.3. The van der Waals surface area contributed by atoms with Gasteiger partial charge in [-0.3, -0.25) is 9.78 Å². The van der Waals surface area contributed by atoms with Gasteiger partial charge in [0.1, 0.15) is 5.82 Å². The minimum Gasteiger partial charge on any atom is -0.319 e. The number of amides is 1. The molecule has 2 heterocycles. The zero-order chi connectivity index (χ0) is 19.1. The third-order valence-electron chi connectivity index (χ3n) is 5.10. The van der Waals surface area contributed by atoms with E-state index in [1.807, 2.05) is 30.3 Å². The predicted molar refractivity (Wildman–Crippen MR) is 105 cm³/mol. The maximum absolute atomic E-state index is 13.3. The predicted octanol–water partition coefficient (Wildman–Crippen LogP) is 4.30. The van der Waals surface area contributed by atoms with Crippen LogP contribution in [0.15, 0.2) is 60.8 Å². The first kappa shape index (κ1) is 16.6. The zero-order valence-electron chi connectivity index (χ0n) is 15.0. The molecule has 0 aliphatic heterocycles. The molecule has 6 heteroatoms. The number of hydrogen-bond acceptors (Lipinski definition) is 3. The third-order valence-corrected chi connectivity index (χ3v) is 5.10. The van der Waals surface area contributed by atoms with Gasteiger partial charge in [0.2, 0.25) is 0 Å². The molecule has 2 aromatic heterocycles. The molecule has 4 aromatic rings. The van der Waals surface area contributed by atoms with E-state index in [1.54, 1.807) is 23.0 Å². The molecule has 0 bridgehead atoms. The number of para-hydroxylation sites is 1. The summed E-state index contributed by atoms with van der Waals surface area (Å²) in [5.41, 5.74) is 4.57. The second-order valence-electron chi connectivity index (χ2n) is 6.85. The number of pyridine rings is 1. The van der Waals surface area contributed by atoms with E-state index in [2.05, 4.69) is 15.4 Å². The van der Waals surface area contributed by atoms with Gasteiger partial charge >= 0.3 is 0 Å². The topological polar surface area (TPSA) is 59.8 Å². The van der Waals surface area contributed by atoms with Crippen molar-refractivity contribution in [1.29, 1.82) is 0 Å². The van der Waals surface area contributed by atoms with Crippen molar-refractivity contribution in [2.24, 2.45) is 0 Å². The molecule has 1 N–H and O–H groups in total. The average Bonchev–Trinajstić information content (AvgIpc) is 3.32. The van der Waals surface area contributed by atoms with E-state index in [-0.39, 0.29) is 11.7 Å². The fraction of sp³-hybridized carbons (Fsp3) is 0.136. The quantitative estimate of drug-likeness (QED) is 0.583. The number of carbonyl (C=O) groups is 1. The van der Waals surface area contributed by atoms with Crippen molar-refractivity contribution >= 4 is 22.5 Å². The second-order valence-corrected chi connectivity index (χ2v) is 6.85. The van der Waals surface area contributed by atoms with Crippen molar-refractivity contribution in [2.75, 3.05) is 5.32 Å². The van der Waals surface area contributed by atoms with Gasteiger partial charge in [-0.15, -0.1) is 0 Å². The van der Waals surface area contributed by atoms with Crippen molar-refractivity contribution in [2.45, 2.75) is 19.3 Å². The van der Waals surface area contributed by atoms with Gasteiger partial charge < -0.3 is 5.32 Å². The number of hydrogen-bond donors (Lipinski definition) is 1. The van der Waals surface area contributed by atoms with E-state index < -0.39 is 0 Å². The van der Waals surface area contributed by atoms with E-state index in [0.717, 1.165) is 47.1 Å².